The van der Waals surface area contributed by atoms with Crippen molar-refractivity contribution in [3.05, 3.63) is 28.3 Å². The van der Waals surface area contributed by atoms with Crippen LogP contribution in [0.4, 0.5) is 5.69 Å². The lowest BCUT2D eigenvalue weighted by Gasteiger charge is -2.10. The van der Waals surface area contributed by atoms with Crippen molar-refractivity contribution in [3.63, 3.8) is 0 Å². The Hall–Kier alpha value is -2.42. The van der Waals surface area contributed by atoms with Crippen LogP contribution in [0.2, 0.25) is 0 Å². The average Bonchev–Trinajstić information content (AvgIpc) is 2.85. The summed E-state index contributed by atoms with van der Waals surface area (Å²) in [6, 6.07) is 0. The first-order valence-electron chi connectivity index (χ1n) is 8.56. The number of nitrogens with zero attached hydrogens (tertiary/aromatic N) is 4. The molecule has 0 fully saturated rings. The highest BCUT2D eigenvalue weighted by molar-refractivity contribution is 7.98. The molecule has 0 radical (unpaired) electrons. The zero-order valence-electron chi connectivity index (χ0n) is 16.5. The molecular weight excluding hydrogens is 366 g/mol. The second kappa shape index (κ2) is 8.98. The van der Waals surface area contributed by atoms with Gasteiger partial charge in [0.05, 0.1) is 17.1 Å². The van der Waals surface area contributed by atoms with E-state index in [0.29, 0.717) is 23.0 Å². The van der Waals surface area contributed by atoms with E-state index in [4.69, 9.17) is 4.74 Å². The lowest BCUT2D eigenvalue weighted by Crippen LogP contribution is -2.21. The number of nitrogens with one attached hydrogen (secondary N) is 1. The van der Waals surface area contributed by atoms with Crippen LogP contribution in [0.1, 0.15) is 34.8 Å². The van der Waals surface area contributed by atoms with E-state index in [1.165, 1.54) is 11.8 Å². The molecule has 0 unspecified atom stereocenters. The summed E-state index contributed by atoms with van der Waals surface area (Å²) in [6.07, 6.45) is 2.57. The van der Waals surface area contributed by atoms with Crippen molar-refractivity contribution in [2.24, 2.45) is 7.05 Å². The van der Waals surface area contributed by atoms with Crippen molar-refractivity contribution in [2.75, 3.05) is 18.2 Å². The van der Waals surface area contributed by atoms with Crippen LogP contribution in [0, 0.1) is 27.7 Å². The van der Waals surface area contributed by atoms with Gasteiger partial charge >= 0.3 is 5.97 Å². The Bertz CT molecular complexity index is 840. The van der Waals surface area contributed by atoms with E-state index in [0.717, 1.165) is 22.6 Å². The summed E-state index contributed by atoms with van der Waals surface area (Å²) in [6.45, 7) is 7.15. The first-order valence-corrected chi connectivity index (χ1v) is 9.79. The number of aryl methyl sites for hydroxylation is 4. The van der Waals surface area contributed by atoms with Crippen LogP contribution in [-0.2, 0) is 27.8 Å². The minimum atomic E-state index is -0.433. The minimum absolute atomic E-state index is 0.169. The van der Waals surface area contributed by atoms with Gasteiger partial charge in [-0.1, -0.05) is 11.8 Å². The number of carbonyl (C=O) groups is 2. The molecule has 2 heterocycles. The van der Waals surface area contributed by atoms with Gasteiger partial charge in [0, 0.05) is 24.9 Å². The highest BCUT2D eigenvalue weighted by atomic mass is 32.2. The van der Waals surface area contributed by atoms with E-state index in [1.54, 1.807) is 11.7 Å². The number of aromatic nitrogens is 4. The molecule has 27 heavy (non-hydrogen) atoms. The van der Waals surface area contributed by atoms with Crippen LogP contribution in [0.3, 0.4) is 0 Å². The third-order valence-corrected chi connectivity index (χ3v) is 4.85. The van der Waals surface area contributed by atoms with Crippen LogP contribution in [0.15, 0.2) is 5.16 Å². The van der Waals surface area contributed by atoms with Crippen LogP contribution >= 0.6 is 11.8 Å². The van der Waals surface area contributed by atoms with Crippen molar-refractivity contribution >= 4 is 29.3 Å². The maximum absolute atomic E-state index is 12.0. The first-order chi connectivity index (χ1) is 12.7. The maximum Gasteiger partial charge on any atom is 0.306 e. The van der Waals surface area contributed by atoms with Crippen molar-refractivity contribution in [1.29, 1.82) is 0 Å². The summed E-state index contributed by atoms with van der Waals surface area (Å²) in [4.78, 5) is 32.8. The smallest absolute Gasteiger partial charge is 0.306 e. The van der Waals surface area contributed by atoms with E-state index in [2.05, 4.69) is 20.4 Å². The van der Waals surface area contributed by atoms with E-state index >= 15 is 0 Å². The molecule has 0 aliphatic rings. The number of hydrogen-bond donors (Lipinski definition) is 1. The second-order valence-corrected chi connectivity index (χ2v) is 7.01. The minimum Gasteiger partial charge on any atom is -0.456 e. The number of amides is 1. The van der Waals surface area contributed by atoms with Crippen LogP contribution in [-0.4, -0.2) is 44.5 Å². The number of anilines is 1. The topological polar surface area (TPSA) is 99.0 Å². The van der Waals surface area contributed by atoms with Gasteiger partial charge in [-0.15, -0.1) is 0 Å². The molecule has 0 aliphatic carbocycles. The molecule has 1 amide bonds. The molecule has 1 N–H and O–H groups in total. The zero-order valence-corrected chi connectivity index (χ0v) is 17.4. The predicted octanol–water partition coefficient (Wildman–Crippen LogP) is 2.28. The molecule has 2 rings (SSSR count). The molecule has 9 heteroatoms. The van der Waals surface area contributed by atoms with Crippen molar-refractivity contribution in [2.45, 2.75) is 45.7 Å². The zero-order chi connectivity index (χ0) is 20.1. The molecule has 0 bridgehead atoms. The average molecular weight is 391 g/mol. The molecule has 0 saturated carbocycles. The normalized spacial score (nSPS) is 10.7. The van der Waals surface area contributed by atoms with Gasteiger partial charge in [0.15, 0.2) is 11.8 Å². The molecule has 0 aliphatic heterocycles. The van der Waals surface area contributed by atoms with E-state index in [-0.39, 0.29) is 18.9 Å². The van der Waals surface area contributed by atoms with Crippen LogP contribution in [0.25, 0.3) is 0 Å². The Balaban J connectivity index is 1.85. The number of esters is 1. The summed E-state index contributed by atoms with van der Waals surface area (Å²) in [5.41, 5.74) is 4.87. The number of ether oxygens (including phenoxy) is 1. The molecule has 146 valence electrons. The fourth-order valence-electron chi connectivity index (χ4n) is 2.74. The second-order valence-electron chi connectivity index (χ2n) is 6.24. The number of carbonyl (C=O) groups excluding carboxylic acids is 2. The van der Waals surface area contributed by atoms with Gasteiger partial charge in [0.25, 0.3) is 5.91 Å². The van der Waals surface area contributed by atoms with Gasteiger partial charge in [0.1, 0.15) is 0 Å². The number of thioether (sulfide) groups is 1. The van der Waals surface area contributed by atoms with E-state index in [9.17, 15) is 9.59 Å². The molecule has 0 saturated heterocycles. The summed E-state index contributed by atoms with van der Waals surface area (Å²) < 4.78 is 6.77. The summed E-state index contributed by atoms with van der Waals surface area (Å²) in [5.74, 6) is -0.819. The molecule has 2 aromatic heterocycles. The Morgan fingerprint density at radius 1 is 1.11 bits per heavy atom. The fourth-order valence-corrected chi connectivity index (χ4v) is 3.19. The van der Waals surface area contributed by atoms with Crippen molar-refractivity contribution in [3.8, 4) is 0 Å². The van der Waals surface area contributed by atoms with Gasteiger partial charge in [0.2, 0.25) is 0 Å². The lowest BCUT2D eigenvalue weighted by molar-refractivity contribution is -0.147. The Morgan fingerprint density at radius 3 is 2.26 bits per heavy atom. The SMILES string of the molecule is CSc1nc(C)c(CCC(=O)OCC(=O)Nc2c(C)nn(C)c2C)c(C)n1. The monoisotopic (exact) mass is 391 g/mol. The summed E-state index contributed by atoms with van der Waals surface area (Å²) >= 11 is 1.48. The van der Waals surface area contributed by atoms with Gasteiger partial charge in [-0.05, 0) is 45.9 Å². The molecular formula is C18H25N5O3S. The highest BCUT2D eigenvalue weighted by Crippen LogP contribution is 2.19. The summed E-state index contributed by atoms with van der Waals surface area (Å²) in [7, 11) is 1.80. The maximum atomic E-state index is 12.0. The lowest BCUT2D eigenvalue weighted by atomic mass is 10.1. The van der Waals surface area contributed by atoms with Crippen LogP contribution in [0.5, 0.6) is 0 Å². The molecule has 0 atom stereocenters. The molecule has 8 nitrogen and oxygen atoms in total. The molecule has 0 spiro atoms. The van der Waals surface area contributed by atoms with Gasteiger partial charge in [-0.25, -0.2) is 9.97 Å². The Kier molecular flexibility index (Phi) is 6.95. The van der Waals surface area contributed by atoms with Gasteiger partial charge in [-0.3, -0.25) is 14.3 Å². The summed E-state index contributed by atoms with van der Waals surface area (Å²) in [5, 5.41) is 7.69. The van der Waals surface area contributed by atoms with Crippen molar-refractivity contribution < 1.29 is 14.3 Å². The number of rotatable bonds is 7. The third kappa shape index (κ3) is 5.29. The quantitative estimate of drug-likeness (QED) is 0.439. The Labute approximate surface area is 163 Å². The highest BCUT2D eigenvalue weighted by Gasteiger charge is 2.15. The van der Waals surface area contributed by atoms with Crippen LogP contribution < -0.4 is 5.32 Å². The molecule has 2 aromatic rings. The first kappa shape index (κ1) is 20.9. The standard InChI is InChI=1S/C18H25N5O3S/c1-10-14(11(2)20-18(19-10)27-6)7-8-16(25)26-9-15(24)21-17-12(3)22-23(5)13(17)4/h7-9H2,1-6H3,(H,21,24). The number of hydrogen-bond acceptors (Lipinski definition) is 7. The van der Waals surface area contributed by atoms with Gasteiger partial charge < -0.3 is 10.1 Å². The van der Waals surface area contributed by atoms with E-state index < -0.39 is 5.97 Å². The fraction of sp³-hybridized carbons (Fsp3) is 0.500. The third-order valence-electron chi connectivity index (χ3n) is 4.30. The molecule has 0 aromatic carbocycles. The van der Waals surface area contributed by atoms with Crippen molar-refractivity contribution in [1.82, 2.24) is 19.7 Å². The van der Waals surface area contributed by atoms with E-state index in [1.807, 2.05) is 34.0 Å². The van der Waals surface area contributed by atoms with Gasteiger partial charge in [-0.2, -0.15) is 5.10 Å². The largest absolute Gasteiger partial charge is 0.456 e. The predicted molar refractivity (Wildman–Crippen MR) is 104 cm³/mol. The Morgan fingerprint density at radius 2 is 1.74 bits per heavy atom.